The number of carboxylic acid groups (broad SMARTS) is 1. The Balaban J connectivity index is 0.00000118. The first-order chi connectivity index (χ1) is 20.8. The van der Waals surface area contributed by atoms with Crippen LogP contribution < -0.4 is 21.7 Å². The van der Waals surface area contributed by atoms with Crippen molar-refractivity contribution in [2.75, 3.05) is 22.9 Å². The number of amides is 1. The second kappa shape index (κ2) is 13.1. The molecule has 10 nitrogen and oxygen atoms in total. The summed E-state index contributed by atoms with van der Waals surface area (Å²) in [7, 11) is 0. The van der Waals surface area contributed by atoms with Gasteiger partial charge in [0.2, 0.25) is 5.95 Å². The molecule has 2 aromatic heterocycles. The highest BCUT2D eigenvalue weighted by atomic mass is 32.1. The lowest BCUT2D eigenvalue weighted by atomic mass is 10.0. The van der Waals surface area contributed by atoms with Crippen LogP contribution in [0, 0.1) is 11.6 Å². The summed E-state index contributed by atoms with van der Waals surface area (Å²) in [5.41, 5.74) is 11.4. The molecule has 0 aliphatic carbocycles. The smallest absolute Gasteiger partial charge is 0.290 e. The van der Waals surface area contributed by atoms with Crippen molar-refractivity contribution in [3.8, 4) is 21.8 Å². The number of nitrogens with zero attached hydrogens (tertiary/aromatic N) is 3. The summed E-state index contributed by atoms with van der Waals surface area (Å²) in [6.07, 6.45) is 2.66. The van der Waals surface area contributed by atoms with Gasteiger partial charge in [0, 0.05) is 29.7 Å². The van der Waals surface area contributed by atoms with E-state index in [0.717, 1.165) is 48.3 Å². The summed E-state index contributed by atoms with van der Waals surface area (Å²) < 4.78 is 27.7. The minimum atomic E-state index is -0.815. The lowest BCUT2D eigenvalue weighted by molar-refractivity contribution is -0.122. The third kappa shape index (κ3) is 6.97. The van der Waals surface area contributed by atoms with Crippen LogP contribution >= 0.6 is 11.3 Å². The topological polar surface area (TPSA) is 155 Å². The van der Waals surface area contributed by atoms with Gasteiger partial charge < -0.3 is 26.8 Å². The highest BCUT2D eigenvalue weighted by Gasteiger charge is 2.18. The Hall–Kier alpha value is -5.27. The summed E-state index contributed by atoms with van der Waals surface area (Å²) >= 11 is 1.28. The van der Waals surface area contributed by atoms with Crippen LogP contribution in [0.1, 0.15) is 21.5 Å². The van der Waals surface area contributed by atoms with Gasteiger partial charge in [0.15, 0.2) is 5.13 Å². The quantitative estimate of drug-likeness (QED) is 0.159. The number of fused-ring (bicyclic) bond motifs is 1. The molecule has 218 valence electrons. The third-order valence-corrected chi connectivity index (χ3v) is 7.35. The van der Waals surface area contributed by atoms with Gasteiger partial charge in [0.25, 0.3) is 12.4 Å². The molecular weight excluding hydrogens is 576 g/mol. The predicted molar refractivity (Wildman–Crippen MR) is 161 cm³/mol. The molecule has 6 N–H and O–H groups in total. The average Bonchev–Trinajstić information content (AvgIpc) is 3.40. The van der Waals surface area contributed by atoms with Crippen LogP contribution in [0.2, 0.25) is 0 Å². The van der Waals surface area contributed by atoms with Crippen LogP contribution in [0.3, 0.4) is 0 Å². The number of nitrogens with one attached hydrogen (secondary N) is 3. The fourth-order valence-electron chi connectivity index (χ4n) is 4.55. The monoisotopic (exact) mass is 601 g/mol. The van der Waals surface area contributed by atoms with E-state index in [9.17, 15) is 13.6 Å². The van der Waals surface area contributed by atoms with Crippen LogP contribution in [0.15, 0.2) is 72.9 Å². The molecule has 0 radical (unpaired) electrons. The van der Waals surface area contributed by atoms with Crippen molar-refractivity contribution in [1.82, 2.24) is 20.3 Å². The molecule has 1 amide bonds. The number of carbonyl (C=O) groups is 2. The number of thiazole rings is 1. The number of anilines is 4. The van der Waals surface area contributed by atoms with Gasteiger partial charge in [0.05, 0.1) is 21.8 Å². The van der Waals surface area contributed by atoms with E-state index in [2.05, 4.69) is 38.1 Å². The maximum atomic E-state index is 14.1. The van der Waals surface area contributed by atoms with Gasteiger partial charge >= 0.3 is 0 Å². The molecule has 0 fully saturated rings. The van der Waals surface area contributed by atoms with Gasteiger partial charge in [-0.15, -0.1) is 0 Å². The molecule has 0 atom stereocenters. The van der Waals surface area contributed by atoms with Crippen molar-refractivity contribution in [2.45, 2.75) is 13.0 Å². The molecule has 43 heavy (non-hydrogen) atoms. The van der Waals surface area contributed by atoms with Crippen molar-refractivity contribution in [2.24, 2.45) is 0 Å². The molecule has 3 aromatic carbocycles. The molecule has 3 heterocycles. The van der Waals surface area contributed by atoms with E-state index in [1.165, 1.54) is 22.5 Å². The summed E-state index contributed by atoms with van der Waals surface area (Å²) in [6.45, 7) is 1.55. The van der Waals surface area contributed by atoms with Crippen LogP contribution in [-0.2, 0) is 17.8 Å². The molecule has 13 heteroatoms. The number of nitrogens with two attached hydrogens (primary N) is 1. The van der Waals surface area contributed by atoms with Crippen LogP contribution in [0.4, 0.5) is 31.2 Å². The Labute approximate surface area is 248 Å². The van der Waals surface area contributed by atoms with E-state index >= 15 is 0 Å². The Bertz CT molecular complexity index is 1800. The Morgan fingerprint density at radius 3 is 2.70 bits per heavy atom. The highest BCUT2D eigenvalue weighted by molar-refractivity contribution is 7.19. The zero-order chi connectivity index (χ0) is 30.3. The number of carbonyl (C=O) groups excluding carboxylic acids is 1. The van der Waals surface area contributed by atoms with E-state index in [4.69, 9.17) is 20.6 Å². The van der Waals surface area contributed by atoms with Crippen molar-refractivity contribution >= 4 is 46.2 Å². The maximum absolute atomic E-state index is 14.1. The van der Waals surface area contributed by atoms with Crippen LogP contribution in [0.5, 0.6) is 0 Å². The molecule has 0 unspecified atom stereocenters. The minimum absolute atomic E-state index is 0.250. The number of hydrogen-bond donors (Lipinski definition) is 5. The molecule has 0 bridgehead atoms. The first-order valence-electron chi connectivity index (χ1n) is 13.0. The molecule has 0 saturated carbocycles. The van der Waals surface area contributed by atoms with Crippen molar-refractivity contribution in [3.63, 3.8) is 0 Å². The zero-order valence-electron chi connectivity index (χ0n) is 22.5. The lowest BCUT2D eigenvalue weighted by Crippen LogP contribution is -2.23. The fourth-order valence-corrected chi connectivity index (χ4v) is 5.38. The average molecular weight is 602 g/mol. The van der Waals surface area contributed by atoms with Crippen molar-refractivity contribution < 1.29 is 23.5 Å². The molecule has 1 aliphatic heterocycles. The highest BCUT2D eigenvalue weighted by Crippen LogP contribution is 2.38. The molecule has 5 aromatic rings. The summed E-state index contributed by atoms with van der Waals surface area (Å²) in [4.78, 5) is 35.3. The standard InChI is InChI=1S/C29H23F2N7OS.CH2O2/c30-19-5-7-23(31)22(14-19)27(39)35-20-3-1-2-17(12-20)25-26(40-28(32)38-25)24-9-11-34-29(37-24)36-21-6-4-16-8-10-33-15-18(16)13-21;2-1-3/h1-7,9,11-14,33H,8,10,15H2,(H2,32,38)(H,35,39)(H,34,36,37);1H,(H,2,3). The normalized spacial score (nSPS) is 12.0. The van der Waals surface area contributed by atoms with Gasteiger partial charge in [-0.05, 0) is 72.6 Å². The molecule has 6 rings (SSSR count). The van der Waals surface area contributed by atoms with E-state index in [1.807, 2.05) is 12.1 Å². The van der Waals surface area contributed by atoms with Gasteiger partial charge in [-0.2, -0.15) is 0 Å². The van der Waals surface area contributed by atoms with Gasteiger partial charge in [-0.3, -0.25) is 9.59 Å². The minimum Gasteiger partial charge on any atom is -0.483 e. The Kier molecular flexibility index (Phi) is 8.93. The number of nitrogen functional groups attached to an aromatic ring is 1. The third-order valence-electron chi connectivity index (χ3n) is 6.45. The van der Waals surface area contributed by atoms with Gasteiger partial charge in [-0.1, -0.05) is 29.5 Å². The van der Waals surface area contributed by atoms with E-state index < -0.39 is 17.5 Å². The largest absolute Gasteiger partial charge is 0.483 e. The van der Waals surface area contributed by atoms with E-state index in [-0.39, 0.29) is 12.0 Å². The number of aromatic nitrogens is 3. The molecule has 0 spiro atoms. The fraction of sp³-hybridized carbons (Fsp3) is 0.100. The van der Waals surface area contributed by atoms with Gasteiger partial charge in [0.1, 0.15) is 11.6 Å². The first kappa shape index (κ1) is 29.2. The maximum Gasteiger partial charge on any atom is 0.290 e. The second-order valence-electron chi connectivity index (χ2n) is 9.30. The van der Waals surface area contributed by atoms with E-state index in [0.29, 0.717) is 33.7 Å². The Morgan fingerprint density at radius 2 is 1.86 bits per heavy atom. The number of benzene rings is 3. The first-order valence-corrected chi connectivity index (χ1v) is 13.8. The second-order valence-corrected chi connectivity index (χ2v) is 10.3. The van der Waals surface area contributed by atoms with Crippen molar-refractivity contribution in [1.29, 1.82) is 0 Å². The number of rotatable bonds is 6. The summed E-state index contributed by atoms with van der Waals surface area (Å²) in [5, 5.41) is 16.5. The van der Waals surface area contributed by atoms with Gasteiger partial charge in [-0.25, -0.2) is 23.7 Å². The SMILES string of the molecule is Nc1nc(-c2cccc(NC(=O)c3cc(F)ccc3F)c2)c(-c2ccnc(Nc3ccc4c(c3)CNCC4)n2)s1.O=CO. The predicted octanol–water partition coefficient (Wildman–Crippen LogP) is 5.47. The van der Waals surface area contributed by atoms with Crippen LogP contribution in [0.25, 0.3) is 21.8 Å². The lowest BCUT2D eigenvalue weighted by Gasteiger charge is -2.18. The summed E-state index contributed by atoms with van der Waals surface area (Å²) in [5.74, 6) is -1.86. The van der Waals surface area contributed by atoms with Crippen molar-refractivity contribution in [3.05, 3.63) is 101 Å². The number of halogens is 2. The molecule has 0 saturated heterocycles. The zero-order valence-corrected chi connectivity index (χ0v) is 23.3. The molecule has 1 aliphatic rings. The number of hydrogen-bond acceptors (Lipinski definition) is 9. The van der Waals surface area contributed by atoms with E-state index in [1.54, 1.807) is 30.5 Å². The molecular formula is C30H25F2N7O3S. The van der Waals surface area contributed by atoms with Crippen LogP contribution in [-0.4, -0.2) is 39.0 Å². The Morgan fingerprint density at radius 1 is 1.02 bits per heavy atom. The summed E-state index contributed by atoms with van der Waals surface area (Å²) in [6, 6.07) is 17.6.